The van der Waals surface area contributed by atoms with E-state index in [1.54, 1.807) is 12.3 Å². The number of rotatable bonds is 3. The van der Waals surface area contributed by atoms with Crippen LogP contribution in [0.15, 0.2) is 18.3 Å². The van der Waals surface area contributed by atoms with Gasteiger partial charge in [0.15, 0.2) is 0 Å². The van der Waals surface area contributed by atoms with Crippen LogP contribution in [0.4, 0.5) is 5.69 Å². The number of sulfonamides is 1. The van der Waals surface area contributed by atoms with E-state index in [-0.39, 0.29) is 5.84 Å². The van der Waals surface area contributed by atoms with E-state index >= 15 is 0 Å². The molecule has 0 aliphatic carbocycles. The highest BCUT2D eigenvalue weighted by Crippen LogP contribution is 2.17. The Morgan fingerprint density at radius 3 is 2.53 bits per heavy atom. The average molecular weight is 283 g/mol. The maximum absolute atomic E-state index is 11.4. The summed E-state index contributed by atoms with van der Waals surface area (Å²) in [4.78, 5) is 6.07. The molecule has 0 unspecified atom stereocenters. The number of pyridine rings is 1. The van der Waals surface area contributed by atoms with Crippen LogP contribution in [0.25, 0.3) is 0 Å². The lowest BCUT2D eigenvalue weighted by atomic mass is 10.2. The molecule has 1 saturated heterocycles. The molecule has 0 aromatic carbocycles. The Hall–Kier alpha value is -1.67. The van der Waals surface area contributed by atoms with Crippen LogP contribution < -0.4 is 10.6 Å². The molecule has 1 fully saturated rings. The van der Waals surface area contributed by atoms with Crippen LogP contribution in [0.5, 0.6) is 0 Å². The molecule has 1 aromatic rings. The van der Waals surface area contributed by atoms with Crippen molar-refractivity contribution in [3.05, 3.63) is 24.0 Å². The minimum Gasteiger partial charge on any atom is -0.382 e. The second-order valence-electron chi connectivity index (χ2n) is 4.46. The molecule has 7 nitrogen and oxygen atoms in total. The van der Waals surface area contributed by atoms with Crippen molar-refractivity contribution >= 4 is 21.5 Å². The van der Waals surface area contributed by atoms with E-state index in [9.17, 15) is 8.42 Å². The first-order valence-electron chi connectivity index (χ1n) is 5.88. The predicted octanol–water partition coefficient (Wildman–Crippen LogP) is -0.553. The van der Waals surface area contributed by atoms with Gasteiger partial charge in [-0.15, -0.1) is 0 Å². The van der Waals surface area contributed by atoms with Crippen LogP contribution in [0, 0.1) is 5.41 Å². The van der Waals surface area contributed by atoms with Crippen molar-refractivity contribution in [1.29, 1.82) is 5.41 Å². The number of nitrogens with one attached hydrogen (secondary N) is 1. The van der Waals surface area contributed by atoms with Gasteiger partial charge in [0.1, 0.15) is 11.5 Å². The Balaban J connectivity index is 2.10. The summed E-state index contributed by atoms with van der Waals surface area (Å²) in [5.74, 6) is -0.0726. The van der Waals surface area contributed by atoms with Crippen LogP contribution in [0.2, 0.25) is 0 Å². The van der Waals surface area contributed by atoms with Gasteiger partial charge >= 0.3 is 0 Å². The van der Waals surface area contributed by atoms with Gasteiger partial charge < -0.3 is 10.6 Å². The Kier molecular flexibility index (Phi) is 3.72. The Bertz CT molecular complexity index is 579. The van der Waals surface area contributed by atoms with Gasteiger partial charge in [-0.3, -0.25) is 10.4 Å². The van der Waals surface area contributed by atoms with Crippen LogP contribution in [-0.4, -0.2) is 56.0 Å². The summed E-state index contributed by atoms with van der Waals surface area (Å²) in [6.07, 6.45) is 2.83. The fraction of sp³-hybridized carbons (Fsp3) is 0.455. The lowest BCUT2D eigenvalue weighted by Gasteiger charge is -2.34. The summed E-state index contributed by atoms with van der Waals surface area (Å²) in [6.45, 7) is 2.18. The molecular weight excluding hydrogens is 266 g/mol. The van der Waals surface area contributed by atoms with Gasteiger partial charge in [0, 0.05) is 38.1 Å². The van der Waals surface area contributed by atoms with Crippen LogP contribution in [0.1, 0.15) is 5.69 Å². The van der Waals surface area contributed by atoms with Crippen molar-refractivity contribution in [2.75, 3.05) is 37.3 Å². The van der Waals surface area contributed by atoms with E-state index in [2.05, 4.69) is 9.88 Å². The molecule has 8 heteroatoms. The van der Waals surface area contributed by atoms with Gasteiger partial charge in [0.2, 0.25) is 10.0 Å². The molecule has 0 radical (unpaired) electrons. The second kappa shape index (κ2) is 5.14. The van der Waals surface area contributed by atoms with Crippen molar-refractivity contribution in [1.82, 2.24) is 9.29 Å². The van der Waals surface area contributed by atoms with Gasteiger partial charge in [-0.05, 0) is 12.1 Å². The Morgan fingerprint density at radius 1 is 1.37 bits per heavy atom. The predicted molar refractivity (Wildman–Crippen MR) is 73.9 cm³/mol. The topological polar surface area (TPSA) is 103 Å². The molecule has 1 aliphatic heterocycles. The number of amidine groups is 1. The quantitative estimate of drug-likeness (QED) is 0.572. The maximum atomic E-state index is 11.4. The molecular formula is C11H17N5O2S. The van der Waals surface area contributed by atoms with Gasteiger partial charge in [0.05, 0.1) is 6.26 Å². The summed E-state index contributed by atoms with van der Waals surface area (Å²) in [6, 6.07) is 3.58. The average Bonchev–Trinajstić information content (AvgIpc) is 2.38. The molecule has 0 amide bonds. The van der Waals surface area contributed by atoms with Gasteiger partial charge in [-0.1, -0.05) is 0 Å². The zero-order valence-electron chi connectivity index (χ0n) is 10.7. The van der Waals surface area contributed by atoms with Crippen LogP contribution in [-0.2, 0) is 10.0 Å². The lowest BCUT2D eigenvalue weighted by molar-refractivity contribution is 0.388. The SMILES string of the molecule is CS(=O)(=O)N1CCN(c2ccnc(C(=N)N)c2)CC1. The first kappa shape index (κ1) is 13.8. The molecule has 0 bridgehead atoms. The molecule has 3 N–H and O–H groups in total. The number of nitrogens with two attached hydrogens (primary N) is 1. The minimum atomic E-state index is -3.11. The van der Waals surface area contributed by atoms with Crippen molar-refractivity contribution < 1.29 is 8.42 Å². The highest BCUT2D eigenvalue weighted by atomic mass is 32.2. The molecule has 0 atom stereocenters. The number of aromatic nitrogens is 1. The summed E-state index contributed by atoms with van der Waals surface area (Å²) in [7, 11) is -3.11. The van der Waals surface area contributed by atoms with Crippen LogP contribution >= 0.6 is 0 Å². The number of piperazine rings is 1. The first-order chi connectivity index (χ1) is 8.88. The summed E-state index contributed by atoms with van der Waals surface area (Å²) in [5.41, 5.74) is 6.75. The maximum Gasteiger partial charge on any atom is 0.211 e. The number of nitrogens with zero attached hydrogens (tertiary/aromatic N) is 3. The molecule has 1 aromatic heterocycles. The molecule has 1 aliphatic rings. The van der Waals surface area contributed by atoms with Gasteiger partial charge in [-0.25, -0.2) is 8.42 Å². The molecule has 2 heterocycles. The van der Waals surface area contributed by atoms with E-state index < -0.39 is 10.0 Å². The second-order valence-corrected chi connectivity index (χ2v) is 6.44. The number of hydrogen-bond acceptors (Lipinski definition) is 5. The Morgan fingerprint density at radius 2 is 2.00 bits per heavy atom. The highest BCUT2D eigenvalue weighted by Gasteiger charge is 2.23. The zero-order valence-corrected chi connectivity index (χ0v) is 11.5. The fourth-order valence-electron chi connectivity index (χ4n) is 2.04. The smallest absolute Gasteiger partial charge is 0.211 e. The van der Waals surface area contributed by atoms with E-state index in [1.807, 2.05) is 6.07 Å². The summed E-state index contributed by atoms with van der Waals surface area (Å²) >= 11 is 0. The van der Waals surface area contributed by atoms with E-state index in [0.29, 0.717) is 31.9 Å². The van der Waals surface area contributed by atoms with Crippen LogP contribution in [0.3, 0.4) is 0 Å². The zero-order chi connectivity index (χ0) is 14.0. The third kappa shape index (κ3) is 3.21. The number of hydrogen-bond donors (Lipinski definition) is 2. The van der Waals surface area contributed by atoms with Crippen molar-refractivity contribution in [3.8, 4) is 0 Å². The standard InChI is InChI=1S/C11H17N5O2S/c1-19(17,18)16-6-4-15(5-7-16)9-2-3-14-10(8-9)11(12)13/h2-3,8H,4-7H2,1H3,(H3,12,13). The van der Waals surface area contributed by atoms with Crippen molar-refractivity contribution in [2.45, 2.75) is 0 Å². The summed E-state index contributed by atoms with van der Waals surface area (Å²) in [5, 5.41) is 7.37. The Labute approximate surface area is 112 Å². The van der Waals surface area contributed by atoms with Crippen molar-refractivity contribution in [2.24, 2.45) is 5.73 Å². The van der Waals surface area contributed by atoms with Gasteiger partial charge in [0.25, 0.3) is 0 Å². The van der Waals surface area contributed by atoms with Crippen molar-refractivity contribution in [3.63, 3.8) is 0 Å². The highest BCUT2D eigenvalue weighted by molar-refractivity contribution is 7.88. The van der Waals surface area contributed by atoms with E-state index in [0.717, 1.165) is 5.69 Å². The number of nitrogen functional groups attached to an aromatic ring is 1. The largest absolute Gasteiger partial charge is 0.382 e. The summed E-state index contributed by atoms with van der Waals surface area (Å²) < 4.78 is 24.3. The van der Waals surface area contributed by atoms with Gasteiger partial charge in [-0.2, -0.15) is 4.31 Å². The van der Waals surface area contributed by atoms with E-state index in [4.69, 9.17) is 11.1 Å². The third-order valence-corrected chi connectivity index (χ3v) is 4.40. The molecule has 0 saturated carbocycles. The fourth-order valence-corrected chi connectivity index (χ4v) is 2.87. The molecule has 19 heavy (non-hydrogen) atoms. The third-order valence-electron chi connectivity index (χ3n) is 3.09. The molecule has 104 valence electrons. The normalized spacial score (nSPS) is 17.4. The molecule has 2 rings (SSSR count). The molecule has 0 spiro atoms. The van der Waals surface area contributed by atoms with E-state index in [1.165, 1.54) is 10.6 Å². The lowest BCUT2D eigenvalue weighted by Crippen LogP contribution is -2.48. The first-order valence-corrected chi connectivity index (χ1v) is 7.73. The minimum absolute atomic E-state index is 0.0726. The monoisotopic (exact) mass is 283 g/mol. The number of anilines is 1.